The minimum Gasteiger partial charge on any atom is -0.481 e. The van der Waals surface area contributed by atoms with Gasteiger partial charge in [-0.25, -0.2) is 13.4 Å². The van der Waals surface area contributed by atoms with Crippen LogP contribution in [0.25, 0.3) is 0 Å². The van der Waals surface area contributed by atoms with Gasteiger partial charge in [0.25, 0.3) is 0 Å². The van der Waals surface area contributed by atoms with Crippen LogP contribution in [0.4, 0.5) is 8.78 Å². The zero-order valence-corrected chi connectivity index (χ0v) is 11.9. The highest BCUT2D eigenvalue weighted by molar-refractivity contribution is 5.31. The summed E-state index contributed by atoms with van der Waals surface area (Å²) in [4.78, 5) is 0. The monoisotopic (exact) mass is 297 g/mol. The van der Waals surface area contributed by atoms with Crippen molar-refractivity contribution in [3.8, 4) is 5.75 Å². The van der Waals surface area contributed by atoms with E-state index in [4.69, 9.17) is 4.74 Å². The van der Waals surface area contributed by atoms with Gasteiger partial charge in [0.15, 0.2) is 17.4 Å². The van der Waals surface area contributed by atoms with Crippen molar-refractivity contribution in [3.05, 3.63) is 40.7 Å². The Labute approximate surface area is 121 Å². The molecule has 5 nitrogen and oxygen atoms in total. The maximum absolute atomic E-state index is 13.9. The molecule has 0 amide bonds. The third-order valence-electron chi connectivity index (χ3n) is 2.91. The quantitative estimate of drug-likeness (QED) is 0.796. The summed E-state index contributed by atoms with van der Waals surface area (Å²) in [7, 11) is 0. The Balaban J connectivity index is 2.04. The summed E-state index contributed by atoms with van der Waals surface area (Å²) in [6.45, 7) is 4.79. The molecule has 0 unspecified atom stereocenters. The number of benzene rings is 1. The molecular formula is C14H17F2N3O2. The van der Waals surface area contributed by atoms with Crippen molar-refractivity contribution < 1.29 is 18.1 Å². The third-order valence-corrected chi connectivity index (χ3v) is 2.91. The fraction of sp³-hybridized carbons (Fsp3) is 0.429. The fourth-order valence-electron chi connectivity index (χ4n) is 1.78. The van der Waals surface area contributed by atoms with Crippen molar-refractivity contribution in [1.82, 2.24) is 15.6 Å². The minimum atomic E-state index is -0.739. The first-order valence-electron chi connectivity index (χ1n) is 6.71. The van der Waals surface area contributed by atoms with Crippen LogP contribution < -0.4 is 10.1 Å². The molecular weight excluding hydrogens is 280 g/mol. The highest BCUT2D eigenvalue weighted by Gasteiger charge is 2.14. The first-order chi connectivity index (χ1) is 10.1. The maximum Gasteiger partial charge on any atom is 0.191 e. The largest absolute Gasteiger partial charge is 0.481 e. The van der Waals surface area contributed by atoms with Gasteiger partial charge in [-0.15, -0.1) is 0 Å². The zero-order chi connectivity index (χ0) is 15.2. The van der Waals surface area contributed by atoms with Crippen LogP contribution in [0.5, 0.6) is 5.75 Å². The summed E-state index contributed by atoms with van der Waals surface area (Å²) in [5, 5.41) is 10.2. The van der Waals surface area contributed by atoms with Gasteiger partial charge in [-0.3, -0.25) is 0 Å². The van der Waals surface area contributed by atoms with Gasteiger partial charge in [0, 0.05) is 6.54 Å². The Kier molecular flexibility index (Phi) is 5.21. The van der Waals surface area contributed by atoms with E-state index in [9.17, 15) is 8.78 Å². The highest BCUT2D eigenvalue weighted by Crippen LogP contribution is 2.24. The van der Waals surface area contributed by atoms with E-state index in [-0.39, 0.29) is 6.61 Å². The molecule has 0 aliphatic heterocycles. The average Bonchev–Trinajstić information content (AvgIpc) is 2.84. The molecule has 0 saturated heterocycles. The predicted octanol–water partition coefficient (Wildman–Crippen LogP) is 2.73. The normalized spacial score (nSPS) is 10.9. The smallest absolute Gasteiger partial charge is 0.191 e. The molecule has 7 heteroatoms. The Bertz CT molecular complexity index is 579. The van der Waals surface area contributed by atoms with Gasteiger partial charge in [0.2, 0.25) is 0 Å². The van der Waals surface area contributed by atoms with Crippen LogP contribution in [0.3, 0.4) is 0 Å². The molecule has 1 aromatic carbocycles. The Morgan fingerprint density at radius 3 is 2.52 bits per heavy atom. The van der Waals surface area contributed by atoms with Gasteiger partial charge in [-0.2, -0.15) is 0 Å². The molecule has 1 heterocycles. The molecule has 1 aromatic heterocycles. The van der Waals surface area contributed by atoms with Crippen molar-refractivity contribution in [2.45, 2.75) is 33.4 Å². The Morgan fingerprint density at radius 1 is 1.24 bits per heavy atom. The molecule has 2 aromatic rings. The summed E-state index contributed by atoms with van der Waals surface area (Å²) >= 11 is 0. The number of aromatic nitrogens is 2. The lowest BCUT2D eigenvalue weighted by Gasteiger charge is -2.09. The second-order valence-electron chi connectivity index (χ2n) is 4.65. The van der Waals surface area contributed by atoms with Gasteiger partial charge in [-0.05, 0) is 37.6 Å². The number of nitrogens with zero attached hydrogens (tertiary/aromatic N) is 2. The summed E-state index contributed by atoms with van der Waals surface area (Å²) in [5.41, 5.74) is 1.46. The van der Waals surface area contributed by atoms with Gasteiger partial charge >= 0.3 is 0 Å². The van der Waals surface area contributed by atoms with Crippen molar-refractivity contribution in [1.29, 1.82) is 0 Å². The van der Waals surface area contributed by atoms with E-state index in [0.29, 0.717) is 23.5 Å². The lowest BCUT2D eigenvalue weighted by molar-refractivity contribution is 0.252. The third kappa shape index (κ3) is 3.98. The highest BCUT2D eigenvalue weighted by atomic mass is 19.1. The second kappa shape index (κ2) is 7.12. The Hall–Kier alpha value is -2.02. The topological polar surface area (TPSA) is 60.2 Å². The predicted molar refractivity (Wildman–Crippen MR) is 71.7 cm³/mol. The number of hydrogen-bond acceptors (Lipinski definition) is 5. The molecule has 0 spiro atoms. The lowest BCUT2D eigenvalue weighted by atomic mass is 10.2. The van der Waals surface area contributed by atoms with Crippen molar-refractivity contribution in [2.24, 2.45) is 0 Å². The van der Waals surface area contributed by atoms with E-state index >= 15 is 0 Å². The van der Waals surface area contributed by atoms with Crippen LogP contribution in [0.2, 0.25) is 0 Å². The van der Waals surface area contributed by atoms with Crippen LogP contribution in [-0.2, 0) is 13.2 Å². The molecule has 1 N–H and O–H groups in total. The van der Waals surface area contributed by atoms with Crippen LogP contribution >= 0.6 is 0 Å². The molecule has 2 rings (SSSR count). The number of ether oxygens (including phenoxy) is 1. The number of hydrogen-bond donors (Lipinski definition) is 1. The van der Waals surface area contributed by atoms with E-state index in [1.54, 1.807) is 6.92 Å². The number of rotatable bonds is 7. The minimum absolute atomic E-state index is 0.101. The average molecular weight is 297 g/mol. The molecule has 0 radical (unpaired) electrons. The second-order valence-corrected chi connectivity index (χ2v) is 4.65. The summed E-state index contributed by atoms with van der Waals surface area (Å²) in [6, 6.07) is 2.52. The molecule has 0 atom stereocenters. The molecule has 114 valence electrons. The van der Waals surface area contributed by atoms with Crippen LogP contribution in [0, 0.1) is 18.6 Å². The fourth-order valence-corrected chi connectivity index (χ4v) is 1.78. The number of halogens is 2. The number of nitrogens with one attached hydrogen (secondary N) is 1. The van der Waals surface area contributed by atoms with Gasteiger partial charge in [0.1, 0.15) is 18.0 Å². The first kappa shape index (κ1) is 15.4. The summed E-state index contributed by atoms with van der Waals surface area (Å²) in [6.07, 6.45) is 0.956. The standard InChI is InChI=1S/C14H17F2N3O2/c1-3-4-17-7-10-5-11(15)14(12(16)6-10)20-8-13-9(2)18-21-19-13/h5-6,17H,3-4,7-8H2,1-2H3. The van der Waals surface area contributed by atoms with E-state index in [2.05, 4.69) is 20.3 Å². The molecule has 0 fully saturated rings. The van der Waals surface area contributed by atoms with E-state index < -0.39 is 17.4 Å². The van der Waals surface area contributed by atoms with E-state index in [1.165, 1.54) is 12.1 Å². The van der Waals surface area contributed by atoms with Crippen molar-refractivity contribution in [2.75, 3.05) is 6.54 Å². The molecule has 0 bridgehead atoms. The lowest BCUT2D eigenvalue weighted by Crippen LogP contribution is -2.14. The summed E-state index contributed by atoms with van der Waals surface area (Å²) in [5.74, 6) is -1.90. The van der Waals surface area contributed by atoms with E-state index in [1.807, 2.05) is 6.92 Å². The van der Waals surface area contributed by atoms with Gasteiger partial charge in [-0.1, -0.05) is 17.2 Å². The van der Waals surface area contributed by atoms with Crippen LogP contribution in [0.15, 0.2) is 16.8 Å². The molecule has 21 heavy (non-hydrogen) atoms. The molecule has 0 aliphatic rings. The zero-order valence-electron chi connectivity index (χ0n) is 11.9. The van der Waals surface area contributed by atoms with Gasteiger partial charge < -0.3 is 10.1 Å². The van der Waals surface area contributed by atoms with E-state index in [0.717, 1.165) is 13.0 Å². The van der Waals surface area contributed by atoms with Gasteiger partial charge in [0.05, 0.1) is 0 Å². The van der Waals surface area contributed by atoms with Crippen molar-refractivity contribution >= 4 is 0 Å². The van der Waals surface area contributed by atoms with Crippen molar-refractivity contribution in [3.63, 3.8) is 0 Å². The first-order valence-corrected chi connectivity index (χ1v) is 6.71. The van der Waals surface area contributed by atoms with Crippen LogP contribution in [-0.4, -0.2) is 16.9 Å². The number of aryl methyl sites for hydroxylation is 1. The summed E-state index contributed by atoms with van der Waals surface area (Å²) < 4.78 is 37.4. The SMILES string of the molecule is CCCNCc1cc(F)c(OCc2nonc2C)c(F)c1. The van der Waals surface area contributed by atoms with Crippen LogP contribution in [0.1, 0.15) is 30.3 Å². The maximum atomic E-state index is 13.9. The molecule has 0 saturated carbocycles. The Morgan fingerprint density at radius 2 is 1.95 bits per heavy atom. The molecule has 0 aliphatic carbocycles.